The predicted octanol–water partition coefficient (Wildman–Crippen LogP) is 4.64. The number of hydrogen-bond donors (Lipinski definition) is 0. The van der Waals surface area contributed by atoms with Gasteiger partial charge in [-0.25, -0.2) is 0 Å². The van der Waals surface area contributed by atoms with Gasteiger partial charge in [-0.05, 0) is 24.2 Å². The Morgan fingerprint density at radius 2 is 1.62 bits per heavy atom. The molecule has 0 aromatic rings. The van der Waals surface area contributed by atoms with Crippen LogP contribution in [0.2, 0.25) is 0 Å². The van der Waals surface area contributed by atoms with E-state index in [2.05, 4.69) is 20.8 Å². The van der Waals surface area contributed by atoms with E-state index in [0.29, 0.717) is 0 Å². The van der Waals surface area contributed by atoms with Crippen molar-refractivity contribution in [2.45, 2.75) is 65.7 Å². The lowest BCUT2D eigenvalue weighted by Crippen LogP contribution is -2.14. The summed E-state index contributed by atoms with van der Waals surface area (Å²) >= 11 is 0. The van der Waals surface area contributed by atoms with Gasteiger partial charge in [-0.2, -0.15) is 0 Å². The van der Waals surface area contributed by atoms with Crippen LogP contribution >= 0.6 is 0 Å². The summed E-state index contributed by atoms with van der Waals surface area (Å²) < 4.78 is 0. The molecular formula is C13H26. The van der Waals surface area contributed by atoms with Gasteiger partial charge in [0.25, 0.3) is 0 Å². The van der Waals surface area contributed by atoms with E-state index in [9.17, 15) is 0 Å². The van der Waals surface area contributed by atoms with Crippen molar-refractivity contribution in [3.05, 3.63) is 0 Å². The molecule has 13 heavy (non-hydrogen) atoms. The van der Waals surface area contributed by atoms with Gasteiger partial charge >= 0.3 is 0 Å². The molecule has 0 heteroatoms. The lowest BCUT2D eigenvalue weighted by atomic mass is 9.81. The maximum atomic E-state index is 2.38. The maximum Gasteiger partial charge on any atom is -0.0384 e. The fraction of sp³-hybridized carbons (Fsp3) is 1.00. The Bertz CT molecular complexity index is 126. The summed E-state index contributed by atoms with van der Waals surface area (Å²) in [4.78, 5) is 0. The maximum absolute atomic E-state index is 2.38. The van der Waals surface area contributed by atoms with Crippen molar-refractivity contribution in [1.82, 2.24) is 0 Å². The molecule has 1 saturated carbocycles. The van der Waals surface area contributed by atoms with Gasteiger partial charge in [0, 0.05) is 0 Å². The highest BCUT2D eigenvalue weighted by atomic mass is 14.3. The van der Waals surface area contributed by atoms with Crippen LogP contribution in [0.4, 0.5) is 0 Å². The Labute approximate surface area is 84.1 Å². The van der Waals surface area contributed by atoms with Gasteiger partial charge in [-0.1, -0.05) is 59.3 Å². The van der Waals surface area contributed by atoms with Gasteiger partial charge < -0.3 is 0 Å². The van der Waals surface area contributed by atoms with Crippen LogP contribution < -0.4 is 0 Å². The first-order valence-electron chi connectivity index (χ1n) is 6.24. The van der Waals surface area contributed by atoms with E-state index in [1.807, 2.05) is 0 Å². The van der Waals surface area contributed by atoms with E-state index in [0.717, 1.165) is 17.8 Å². The van der Waals surface area contributed by atoms with Crippen LogP contribution in [0.25, 0.3) is 0 Å². The highest BCUT2D eigenvalue weighted by molar-refractivity contribution is 4.74. The molecule has 0 aliphatic heterocycles. The SMILES string of the molecule is CCC1CCCCCC1CC(C)C. The summed E-state index contributed by atoms with van der Waals surface area (Å²) in [5.74, 6) is 2.99. The summed E-state index contributed by atoms with van der Waals surface area (Å²) in [5.41, 5.74) is 0. The minimum absolute atomic E-state index is 0.900. The molecule has 0 nitrogen and oxygen atoms in total. The van der Waals surface area contributed by atoms with Crippen LogP contribution in [0.1, 0.15) is 65.7 Å². The van der Waals surface area contributed by atoms with E-state index in [1.165, 1.54) is 44.9 Å². The largest absolute Gasteiger partial charge is 0.0651 e. The molecule has 1 aliphatic carbocycles. The lowest BCUT2D eigenvalue weighted by Gasteiger charge is -2.25. The molecule has 0 spiro atoms. The average molecular weight is 182 g/mol. The van der Waals surface area contributed by atoms with Gasteiger partial charge in [0.15, 0.2) is 0 Å². The zero-order valence-electron chi connectivity index (χ0n) is 9.68. The van der Waals surface area contributed by atoms with Crippen LogP contribution in [-0.2, 0) is 0 Å². The summed E-state index contributed by atoms with van der Waals surface area (Å²) in [5, 5.41) is 0. The molecule has 0 radical (unpaired) electrons. The van der Waals surface area contributed by atoms with Crippen molar-refractivity contribution >= 4 is 0 Å². The Morgan fingerprint density at radius 1 is 1.00 bits per heavy atom. The molecule has 0 aromatic carbocycles. The Hall–Kier alpha value is 0. The lowest BCUT2D eigenvalue weighted by molar-refractivity contribution is 0.258. The molecule has 0 aromatic heterocycles. The Morgan fingerprint density at radius 3 is 2.15 bits per heavy atom. The Balaban J connectivity index is 2.44. The predicted molar refractivity (Wildman–Crippen MR) is 59.8 cm³/mol. The topological polar surface area (TPSA) is 0 Å². The fourth-order valence-corrected chi connectivity index (χ4v) is 2.91. The molecule has 1 fully saturated rings. The molecule has 0 heterocycles. The van der Waals surface area contributed by atoms with Crippen LogP contribution in [0.15, 0.2) is 0 Å². The molecule has 0 N–H and O–H groups in total. The molecule has 0 saturated heterocycles. The van der Waals surface area contributed by atoms with E-state index in [4.69, 9.17) is 0 Å². The average Bonchev–Trinajstić information content (AvgIpc) is 2.28. The van der Waals surface area contributed by atoms with E-state index in [1.54, 1.807) is 0 Å². The van der Waals surface area contributed by atoms with Crippen LogP contribution in [0, 0.1) is 17.8 Å². The monoisotopic (exact) mass is 182 g/mol. The van der Waals surface area contributed by atoms with Crippen molar-refractivity contribution in [2.24, 2.45) is 17.8 Å². The van der Waals surface area contributed by atoms with Crippen LogP contribution in [0.3, 0.4) is 0 Å². The highest BCUT2D eigenvalue weighted by Gasteiger charge is 2.22. The van der Waals surface area contributed by atoms with E-state index >= 15 is 0 Å². The van der Waals surface area contributed by atoms with Crippen molar-refractivity contribution in [1.29, 1.82) is 0 Å². The van der Waals surface area contributed by atoms with Gasteiger partial charge in [-0.3, -0.25) is 0 Å². The summed E-state index contributed by atoms with van der Waals surface area (Å²) in [6.45, 7) is 7.12. The molecule has 78 valence electrons. The van der Waals surface area contributed by atoms with Crippen molar-refractivity contribution in [2.75, 3.05) is 0 Å². The van der Waals surface area contributed by atoms with Gasteiger partial charge in [-0.15, -0.1) is 0 Å². The van der Waals surface area contributed by atoms with Gasteiger partial charge in [0.05, 0.1) is 0 Å². The minimum atomic E-state index is 0.900. The first-order valence-corrected chi connectivity index (χ1v) is 6.24. The molecule has 2 unspecified atom stereocenters. The number of rotatable bonds is 3. The zero-order valence-corrected chi connectivity index (χ0v) is 9.68. The first-order chi connectivity index (χ1) is 6.24. The number of hydrogen-bond acceptors (Lipinski definition) is 0. The molecule has 0 amide bonds. The minimum Gasteiger partial charge on any atom is -0.0651 e. The van der Waals surface area contributed by atoms with Gasteiger partial charge in [0.2, 0.25) is 0 Å². The normalized spacial score (nSPS) is 30.5. The quantitative estimate of drug-likeness (QED) is 0.558. The molecule has 1 rings (SSSR count). The van der Waals surface area contributed by atoms with Crippen molar-refractivity contribution in [3.63, 3.8) is 0 Å². The second-order valence-corrected chi connectivity index (χ2v) is 5.20. The van der Waals surface area contributed by atoms with Crippen LogP contribution in [-0.4, -0.2) is 0 Å². The third-order valence-corrected chi connectivity index (χ3v) is 3.62. The molecule has 2 atom stereocenters. The smallest absolute Gasteiger partial charge is 0.0384 e. The van der Waals surface area contributed by atoms with E-state index in [-0.39, 0.29) is 0 Å². The first kappa shape index (κ1) is 11.1. The summed E-state index contributed by atoms with van der Waals surface area (Å²) in [6, 6.07) is 0. The fourth-order valence-electron chi connectivity index (χ4n) is 2.91. The summed E-state index contributed by atoms with van der Waals surface area (Å²) in [7, 11) is 0. The third kappa shape index (κ3) is 3.70. The molecule has 1 aliphatic rings. The van der Waals surface area contributed by atoms with E-state index < -0.39 is 0 Å². The summed E-state index contributed by atoms with van der Waals surface area (Å²) in [6.07, 6.45) is 10.4. The second kappa shape index (κ2) is 5.67. The van der Waals surface area contributed by atoms with Crippen LogP contribution in [0.5, 0.6) is 0 Å². The molecule has 0 bridgehead atoms. The third-order valence-electron chi connectivity index (χ3n) is 3.62. The second-order valence-electron chi connectivity index (χ2n) is 5.20. The van der Waals surface area contributed by atoms with Crippen molar-refractivity contribution < 1.29 is 0 Å². The zero-order chi connectivity index (χ0) is 9.68. The highest BCUT2D eigenvalue weighted by Crippen LogP contribution is 2.34. The standard InChI is InChI=1S/C13H26/c1-4-12-8-6-5-7-9-13(12)10-11(2)3/h11-13H,4-10H2,1-3H3. The van der Waals surface area contributed by atoms with Gasteiger partial charge in [0.1, 0.15) is 0 Å². The van der Waals surface area contributed by atoms with Crippen molar-refractivity contribution in [3.8, 4) is 0 Å². The Kier molecular flexibility index (Phi) is 4.83. The molecular weight excluding hydrogens is 156 g/mol.